The van der Waals surface area contributed by atoms with Crippen LogP contribution in [0.15, 0.2) is 24.3 Å². The van der Waals surface area contributed by atoms with Crippen LogP contribution in [0.5, 0.6) is 5.75 Å². The Bertz CT molecular complexity index is 495. The highest BCUT2D eigenvalue weighted by atomic mass is 19.4. The van der Waals surface area contributed by atoms with Gasteiger partial charge in [0.25, 0.3) is 0 Å². The average Bonchev–Trinajstić information content (AvgIpc) is 2.23. The Morgan fingerprint density at radius 2 is 2.00 bits per heavy atom. The summed E-state index contributed by atoms with van der Waals surface area (Å²) >= 11 is 0. The van der Waals surface area contributed by atoms with E-state index in [0.717, 1.165) is 0 Å². The van der Waals surface area contributed by atoms with Crippen LogP contribution in [-0.4, -0.2) is 23.0 Å². The number of carbonyl (C=O) groups is 1. The molecule has 0 spiro atoms. The summed E-state index contributed by atoms with van der Waals surface area (Å²) in [6.45, 7) is 4.62. The maximum Gasteiger partial charge on any atom is 0.573 e. The topological polar surface area (TPSA) is 58.6 Å². The molecule has 0 aliphatic heterocycles. The second-order valence-electron chi connectivity index (χ2n) is 5.40. The summed E-state index contributed by atoms with van der Waals surface area (Å²) in [5, 5.41) is 12.1. The molecule has 0 aliphatic carbocycles. The van der Waals surface area contributed by atoms with Gasteiger partial charge in [-0.1, -0.05) is 12.1 Å². The molecule has 0 saturated carbocycles. The third-order valence-electron chi connectivity index (χ3n) is 2.56. The molecule has 21 heavy (non-hydrogen) atoms. The molecule has 0 bridgehead atoms. The zero-order valence-electron chi connectivity index (χ0n) is 12.0. The van der Waals surface area contributed by atoms with E-state index in [4.69, 9.17) is 0 Å². The number of ether oxygens (including phenoxy) is 1. The van der Waals surface area contributed by atoms with Gasteiger partial charge in [0.05, 0.1) is 18.1 Å². The van der Waals surface area contributed by atoms with Crippen LogP contribution in [-0.2, 0) is 4.79 Å². The summed E-state index contributed by atoms with van der Waals surface area (Å²) in [6, 6.07) is 4.88. The SMILES string of the molecule is CC(NC(=O)CC(C)(C)O)c1cccc(OC(F)(F)F)c1. The highest BCUT2D eigenvalue weighted by Crippen LogP contribution is 2.25. The Balaban J connectivity index is 2.72. The third kappa shape index (κ3) is 6.99. The van der Waals surface area contributed by atoms with Crippen molar-refractivity contribution < 1.29 is 27.8 Å². The molecule has 0 saturated heterocycles. The first-order valence-corrected chi connectivity index (χ1v) is 6.34. The zero-order valence-corrected chi connectivity index (χ0v) is 12.0. The van der Waals surface area contributed by atoms with Gasteiger partial charge in [-0.2, -0.15) is 0 Å². The largest absolute Gasteiger partial charge is 0.573 e. The first-order valence-electron chi connectivity index (χ1n) is 6.34. The molecule has 2 N–H and O–H groups in total. The van der Waals surface area contributed by atoms with Gasteiger partial charge in [0.2, 0.25) is 5.91 Å². The minimum atomic E-state index is -4.76. The number of aliphatic hydroxyl groups is 1. The minimum Gasteiger partial charge on any atom is -0.406 e. The maximum atomic E-state index is 12.2. The lowest BCUT2D eigenvalue weighted by molar-refractivity contribution is -0.274. The Kier molecular flexibility index (Phi) is 5.22. The molecule has 118 valence electrons. The van der Waals surface area contributed by atoms with E-state index in [1.54, 1.807) is 13.0 Å². The predicted molar refractivity (Wildman–Crippen MR) is 70.6 cm³/mol. The van der Waals surface area contributed by atoms with Crippen LogP contribution in [0.2, 0.25) is 0 Å². The van der Waals surface area contributed by atoms with E-state index in [0.29, 0.717) is 5.56 Å². The fourth-order valence-electron chi connectivity index (χ4n) is 1.75. The lowest BCUT2D eigenvalue weighted by Crippen LogP contribution is -2.33. The number of rotatable bonds is 5. The maximum absolute atomic E-state index is 12.2. The number of hydrogen-bond donors (Lipinski definition) is 2. The van der Waals surface area contributed by atoms with Crippen molar-refractivity contribution in [2.75, 3.05) is 0 Å². The summed E-state index contributed by atoms with van der Waals surface area (Å²) in [5.74, 6) is -0.735. The number of carbonyl (C=O) groups excluding carboxylic acids is 1. The first kappa shape index (κ1) is 17.3. The van der Waals surface area contributed by atoms with Crippen molar-refractivity contribution in [2.24, 2.45) is 0 Å². The van der Waals surface area contributed by atoms with Crippen molar-refractivity contribution in [2.45, 2.75) is 45.2 Å². The van der Waals surface area contributed by atoms with Crippen LogP contribution >= 0.6 is 0 Å². The summed E-state index contributed by atoms with van der Waals surface area (Å²) in [5.41, 5.74) is -0.675. The molecule has 0 radical (unpaired) electrons. The number of hydrogen-bond acceptors (Lipinski definition) is 3. The molecular weight excluding hydrogens is 287 g/mol. The van der Waals surface area contributed by atoms with Gasteiger partial charge >= 0.3 is 6.36 Å². The van der Waals surface area contributed by atoms with Crippen LogP contribution in [0.25, 0.3) is 0 Å². The van der Waals surface area contributed by atoms with E-state index in [1.165, 1.54) is 32.0 Å². The van der Waals surface area contributed by atoms with E-state index in [2.05, 4.69) is 10.1 Å². The molecule has 0 heterocycles. The second kappa shape index (κ2) is 6.34. The standard InChI is InChI=1S/C14H18F3NO3/c1-9(18-12(19)8-13(2,3)20)10-5-4-6-11(7-10)21-14(15,16)17/h4-7,9,20H,8H2,1-3H3,(H,18,19). The van der Waals surface area contributed by atoms with Gasteiger partial charge in [-0.15, -0.1) is 13.2 Å². The molecule has 1 atom stereocenters. The molecule has 4 nitrogen and oxygen atoms in total. The van der Waals surface area contributed by atoms with Crippen LogP contribution in [0.3, 0.4) is 0 Å². The van der Waals surface area contributed by atoms with Crippen LogP contribution in [0.1, 0.15) is 38.8 Å². The lowest BCUT2D eigenvalue weighted by atomic mass is 10.0. The summed E-state index contributed by atoms with van der Waals surface area (Å²) in [4.78, 5) is 11.7. The Labute approximate surface area is 120 Å². The molecule has 0 aliphatic rings. The fraction of sp³-hybridized carbons (Fsp3) is 0.500. The summed E-state index contributed by atoms with van der Waals surface area (Å²) in [7, 11) is 0. The van der Waals surface area contributed by atoms with Crippen LogP contribution in [0, 0.1) is 0 Å². The van der Waals surface area contributed by atoms with E-state index < -0.39 is 23.9 Å². The summed E-state index contributed by atoms with van der Waals surface area (Å²) < 4.78 is 40.3. The van der Waals surface area contributed by atoms with E-state index in [9.17, 15) is 23.1 Å². The minimum absolute atomic E-state index is 0.101. The van der Waals surface area contributed by atoms with Crippen molar-refractivity contribution in [1.29, 1.82) is 0 Å². The van der Waals surface area contributed by atoms with E-state index in [1.807, 2.05) is 0 Å². The normalized spacial score (nSPS) is 13.7. The van der Waals surface area contributed by atoms with Crippen molar-refractivity contribution >= 4 is 5.91 Å². The Morgan fingerprint density at radius 3 is 2.52 bits per heavy atom. The second-order valence-corrected chi connectivity index (χ2v) is 5.40. The van der Waals surface area contributed by atoms with Crippen molar-refractivity contribution in [1.82, 2.24) is 5.32 Å². The highest BCUT2D eigenvalue weighted by molar-refractivity contribution is 5.77. The number of nitrogens with one attached hydrogen (secondary N) is 1. The first-order chi connectivity index (χ1) is 9.46. The quantitative estimate of drug-likeness (QED) is 0.879. The zero-order chi connectivity index (χ0) is 16.3. The summed E-state index contributed by atoms with van der Waals surface area (Å²) in [6.07, 6.45) is -4.86. The molecule has 0 fully saturated rings. The van der Waals surface area contributed by atoms with Gasteiger partial charge in [0.1, 0.15) is 5.75 Å². The van der Waals surface area contributed by atoms with Crippen molar-refractivity contribution in [3.8, 4) is 5.75 Å². The Hall–Kier alpha value is -1.76. The van der Waals surface area contributed by atoms with Crippen molar-refractivity contribution in [3.63, 3.8) is 0 Å². The van der Waals surface area contributed by atoms with Gasteiger partial charge in [-0.25, -0.2) is 0 Å². The van der Waals surface area contributed by atoms with E-state index in [-0.39, 0.29) is 12.2 Å². The molecule has 0 aromatic heterocycles. The van der Waals surface area contributed by atoms with Gasteiger partial charge in [0.15, 0.2) is 0 Å². The number of halogens is 3. The van der Waals surface area contributed by atoms with Crippen molar-refractivity contribution in [3.05, 3.63) is 29.8 Å². The number of amides is 1. The van der Waals surface area contributed by atoms with Gasteiger partial charge in [0, 0.05) is 0 Å². The van der Waals surface area contributed by atoms with E-state index >= 15 is 0 Å². The molecule has 1 rings (SSSR count). The molecule has 1 aromatic rings. The molecular formula is C14H18F3NO3. The highest BCUT2D eigenvalue weighted by Gasteiger charge is 2.31. The van der Waals surface area contributed by atoms with Gasteiger partial charge in [-0.05, 0) is 38.5 Å². The average molecular weight is 305 g/mol. The number of alkyl halides is 3. The molecule has 7 heteroatoms. The molecule has 1 aromatic carbocycles. The van der Waals surface area contributed by atoms with Crippen LogP contribution in [0.4, 0.5) is 13.2 Å². The van der Waals surface area contributed by atoms with Gasteiger partial charge in [-0.3, -0.25) is 4.79 Å². The molecule has 1 amide bonds. The third-order valence-corrected chi connectivity index (χ3v) is 2.56. The molecule has 1 unspecified atom stereocenters. The van der Waals surface area contributed by atoms with Crippen LogP contribution < -0.4 is 10.1 Å². The van der Waals surface area contributed by atoms with Gasteiger partial charge < -0.3 is 15.2 Å². The predicted octanol–water partition coefficient (Wildman–Crippen LogP) is 2.92. The lowest BCUT2D eigenvalue weighted by Gasteiger charge is -2.20. The number of benzene rings is 1. The fourth-order valence-corrected chi connectivity index (χ4v) is 1.75. The smallest absolute Gasteiger partial charge is 0.406 e. The Morgan fingerprint density at radius 1 is 1.38 bits per heavy atom. The monoisotopic (exact) mass is 305 g/mol.